The van der Waals surface area contributed by atoms with Gasteiger partial charge >= 0.3 is 6.18 Å². The highest BCUT2D eigenvalue weighted by Crippen LogP contribution is 2.35. The lowest BCUT2D eigenvalue weighted by molar-refractivity contribution is -0.141. The van der Waals surface area contributed by atoms with E-state index in [0.717, 1.165) is 43.7 Å². The van der Waals surface area contributed by atoms with Crippen LogP contribution in [0.3, 0.4) is 0 Å². The van der Waals surface area contributed by atoms with Crippen LogP contribution in [0.4, 0.5) is 23.4 Å². The number of alkyl halides is 3. The minimum Gasteiger partial charge on any atom is -0.353 e. The molecule has 1 aromatic carbocycles. The van der Waals surface area contributed by atoms with Crippen LogP contribution in [0.1, 0.15) is 50.8 Å². The first-order valence-electron chi connectivity index (χ1n) is 13.7. The van der Waals surface area contributed by atoms with Crippen LogP contribution in [-0.4, -0.2) is 70.7 Å². The zero-order valence-corrected chi connectivity index (χ0v) is 23.3. The number of halogens is 4. The van der Waals surface area contributed by atoms with Crippen LogP contribution < -0.4 is 4.90 Å². The number of rotatable bonds is 8. The van der Waals surface area contributed by atoms with Gasteiger partial charge in [-0.15, -0.1) is 11.3 Å². The Bertz CT molecular complexity index is 1360. The molecule has 2 saturated heterocycles. The number of anilines is 1. The van der Waals surface area contributed by atoms with Crippen molar-refractivity contribution in [3.05, 3.63) is 75.1 Å². The smallest absolute Gasteiger partial charge is 0.353 e. The van der Waals surface area contributed by atoms with Gasteiger partial charge in [-0.05, 0) is 49.2 Å². The number of thiazole rings is 1. The molecular weight excluding hydrogens is 558 g/mol. The van der Waals surface area contributed by atoms with Crippen molar-refractivity contribution in [1.29, 1.82) is 0 Å². The molecule has 218 valence electrons. The van der Waals surface area contributed by atoms with Crippen LogP contribution in [0.5, 0.6) is 0 Å². The van der Waals surface area contributed by atoms with Crippen molar-refractivity contribution in [2.75, 3.05) is 44.2 Å². The SMILES string of the molecule is O=C(Cc1ccc(N2CCN(C(=O)Cc3ccccc3F)CC2)nc1)c1sc(CN2CCCCC2)nc1C(F)(F)F. The molecule has 5 rings (SSSR count). The second-order valence-electron chi connectivity index (χ2n) is 10.4. The fourth-order valence-electron chi connectivity index (χ4n) is 5.20. The third-order valence-corrected chi connectivity index (χ3v) is 8.51. The minimum atomic E-state index is -4.71. The molecule has 0 bridgehead atoms. The van der Waals surface area contributed by atoms with Gasteiger partial charge in [-0.2, -0.15) is 13.2 Å². The summed E-state index contributed by atoms with van der Waals surface area (Å²) in [6, 6.07) is 9.66. The van der Waals surface area contributed by atoms with Crippen LogP contribution in [-0.2, 0) is 30.4 Å². The Labute approximate surface area is 239 Å². The van der Waals surface area contributed by atoms with Crippen molar-refractivity contribution in [3.8, 4) is 0 Å². The third-order valence-electron chi connectivity index (χ3n) is 7.43. The summed E-state index contributed by atoms with van der Waals surface area (Å²) in [5.41, 5.74) is -0.228. The predicted molar refractivity (Wildman–Crippen MR) is 147 cm³/mol. The molecule has 0 spiro atoms. The molecule has 0 N–H and O–H groups in total. The fourth-order valence-corrected chi connectivity index (χ4v) is 6.26. The van der Waals surface area contributed by atoms with Gasteiger partial charge in [0.2, 0.25) is 5.91 Å². The molecule has 2 aromatic heterocycles. The van der Waals surface area contributed by atoms with Gasteiger partial charge in [0.05, 0.1) is 13.0 Å². The normalized spacial score (nSPS) is 16.7. The molecule has 0 unspecified atom stereocenters. The molecule has 0 saturated carbocycles. The van der Waals surface area contributed by atoms with E-state index in [0.29, 0.717) is 54.7 Å². The fraction of sp³-hybridized carbons (Fsp3) is 0.448. The number of hydrogen-bond donors (Lipinski definition) is 0. The number of pyridine rings is 1. The number of carbonyl (C=O) groups is 2. The highest BCUT2D eigenvalue weighted by molar-refractivity contribution is 7.13. The molecule has 2 aliphatic heterocycles. The topological polar surface area (TPSA) is 69.6 Å². The molecule has 12 heteroatoms. The number of piperidine rings is 1. The lowest BCUT2D eigenvalue weighted by Gasteiger charge is -2.35. The summed E-state index contributed by atoms with van der Waals surface area (Å²) in [7, 11) is 0. The zero-order chi connectivity index (χ0) is 29.0. The van der Waals surface area contributed by atoms with E-state index in [1.54, 1.807) is 35.2 Å². The summed E-state index contributed by atoms with van der Waals surface area (Å²) in [5.74, 6) is -0.515. The molecule has 0 aliphatic carbocycles. The number of ketones is 1. The molecule has 4 heterocycles. The zero-order valence-electron chi connectivity index (χ0n) is 22.5. The molecule has 3 aromatic rings. The maximum absolute atomic E-state index is 13.9. The van der Waals surface area contributed by atoms with Crippen LogP contribution in [0, 0.1) is 5.82 Å². The average Bonchev–Trinajstić information content (AvgIpc) is 3.40. The lowest BCUT2D eigenvalue weighted by Crippen LogP contribution is -2.49. The molecule has 2 aliphatic rings. The first-order valence-corrected chi connectivity index (χ1v) is 14.5. The van der Waals surface area contributed by atoms with Crippen molar-refractivity contribution in [2.24, 2.45) is 0 Å². The first kappa shape index (κ1) is 29.1. The highest BCUT2D eigenvalue weighted by atomic mass is 32.1. The average molecular weight is 590 g/mol. The van der Waals surface area contributed by atoms with Crippen molar-refractivity contribution in [2.45, 2.75) is 44.8 Å². The Kier molecular flexibility index (Phi) is 8.98. The van der Waals surface area contributed by atoms with E-state index in [1.807, 2.05) is 4.90 Å². The van der Waals surface area contributed by atoms with Crippen molar-refractivity contribution >= 4 is 28.8 Å². The Morgan fingerprint density at radius 2 is 1.63 bits per heavy atom. The number of benzene rings is 1. The van der Waals surface area contributed by atoms with Gasteiger partial charge in [0.15, 0.2) is 11.5 Å². The number of likely N-dealkylation sites (tertiary alicyclic amines) is 1. The Morgan fingerprint density at radius 1 is 0.902 bits per heavy atom. The van der Waals surface area contributed by atoms with Crippen LogP contribution in [0.2, 0.25) is 0 Å². The van der Waals surface area contributed by atoms with Gasteiger partial charge in [0.25, 0.3) is 0 Å². The number of Topliss-reactive ketones (excluding diaryl/α,β-unsaturated/α-hetero) is 1. The van der Waals surface area contributed by atoms with Gasteiger partial charge in [-0.1, -0.05) is 30.7 Å². The van der Waals surface area contributed by atoms with Crippen molar-refractivity contribution < 1.29 is 27.2 Å². The van der Waals surface area contributed by atoms with Crippen LogP contribution in [0.25, 0.3) is 0 Å². The quantitative estimate of drug-likeness (QED) is 0.272. The standard InChI is InChI=1S/C29H31F4N5O2S/c30-22-7-3-2-6-21(22)17-26(40)38-14-12-37(13-15-38)24-9-8-20(18-34-24)16-23(39)27-28(29(31,32)33)35-25(41-27)19-36-10-4-1-5-11-36/h2-3,6-9,18H,1,4-5,10-17,19H2. The number of aromatic nitrogens is 2. The maximum Gasteiger partial charge on any atom is 0.434 e. The number of hydrogen-bond acceptors (Lipinski definition) is 7. The Balaban J connectivity index is 1.18. The summed E-state index contributed by atoms with van der Waals surface area (Å²) in [6.07, 6.45) is -0.269. The summed E-state index contributed by atoms with van der Waals surface area (Å²) >= 11 is 0.833. The highest BCUT2D eigenvalue weighted by Gasteiger charge is 2.39. The van der Waals surface area contributed by atoms with Gasteiger partial charge < -0.3 is 9.80 Å². The second kappa shape index (κ2) is 12.6. The predicted octanol–water partition coefficient (Wildman–Crippen LogP) is 5.00. The largest absolute Gasteiger partial charge is 0.434 e. The Hall–Kier alpha value is -3.38. The molecule has 0 radical (unpaired) electrons. The minimum absolute atomic E-state index is 0.00319. The van der Waals surface area contributed by atoms with Gasteiger partial charge in [0.1, 0.15) is 21.5 Å². The van der Waals surface area contributed by atoms with Crippen molar-refractivity contribution in [1.82, 2.24) is 19.8 Å². The summed E-state index contributed by atoms with van der Waals surface area (Å²) < 4.78 is 55.1. The van der Waals surface area contributed by atoms with Gasteiger partial charge in [0, 0.05) is 38.8 Å². The van der Waals surface area contributed by atoms with E-state index in [1.165, 1.54) is 12.3 Å². The number of piperazine rings is 1. The van der Waals surface area contributed by atoms with E-state index in [9.17, 15) is 27.2 Å². The Morgan fingerprint density at radius 3 is 2.29 bits per heavy atom. The van der Waals surface area contributed by atoms with Gasteiger partial charge in [-0.3, -0.25) is 14.5 Å². The van der Waals surface area contributed by atoms with E-state index in [4.69, 9.17) is 0 Å². The van der Waals surface area contributed by atoms with E-state index in [-0.39, 0.29) is 23.6 Å². The van der Waals surface area contributed by atoms with Crippen LogP contribution in [0.15, 0.2) is 42.6 Å². The summed E-state index contributed by atoms with van der Waals surface area (Å²) in [4.78, 5) is 39.3. The first-order chi connectivity index (χ1) is 19.7. The maximum atomic E-state index is 13.9. The van der Waals surface area contributed by atoms with Crippen molar-refractivity contribution in [3.63, 3.8) is 0 Å². The molecule has 7 nitrogen and oxygen atoms in total. The number of carbonyl (C=O) groups excluding carboxylic acids is 2. The number of amides is 1. The van der Waals surface area contributed by atoms with Gasteiger partial charge in [-0.25, -0.2) is 14.4 Å². The summed E-state index contributed by atoms with van der Waals surface area (Å²) in [5, 5.41) is 0.308. The number of nitrogens with zero attached hydrogens (tertiary/aromatic N) is 5. The van der Waals surface area contributed by atoms with E-state index in [2.05, 4.69) is 14.9 Å². The monoisotopic (exact) mass is 589 g/mol. The van der Waals surface area contributed by atoms with E-state index >= 15 is 0 Å². The molecular formula is C29H31F4N5O2S. The lowest BCUT2D eigenvalue weighted by atomic mass is 10.1. The molecule has 41 heavy (non-hydrogen) atoms. The molecule has 2 fully saturated rings. The second-order valence-corrected chi connectivity index (χ2v) is 11.5. The molecule has 1 amide bonds. The summed E-state index contributed by atoms with van der Waals surface area (Å²) in [6.45, 7) is 3.94. The molecule has 0 atom stereocenters. The van der Waals surface area contributed by atoms with E-state index < -0.39 is 23.5 Å². The van der Waals surface area contributed by atoms with Crippen LogP contribution >= 0.6 is 11.3 Å². The third kappa shape index (κ3) is 7.28.